The van der Waals surface area contributed by atoms with Gasteiger partial charge in [-0.2, -0.15) is 4.98 Å². The molecule has 0 unspecified atom stereocenters. The van der Waals surface area contributed by atoms with Crippen LogP contribution in [0.15, 0.2) is 49.1 Å². The molecule has 0 aliphatic heterocycles. The molecule has 5 nitrogen and oxygen atoms in total. The summed E-state index contributed by atoms with van der Waals surface area (Å²) in [6, 6.07) is 9.70. The topological polar surface area (TPSA) is 73.9 Å². The SMILES string of the molecule is Nc1cncnc1Oc1cnc2ccccc2c1. The summed E-state index contributed by atoms with van der Waals surface area (Å²) in [5.74, 6) is 0.932. The number of para-hydroxylation sites is 1. The molecule has 0 aliphatic rings. The van der Waals surface area contributed by atoms with E-state index in [1.54, 1.807) is 6.20 Å². The molecule has 2 heterocycles. The van der Waals surface area contributed by atoms with Crippen molar-refractivity contribution in [1.29, 1.82) is 0 Å². The van der Waals surface area contributed by atoms with Crippen molar-refractivity contribution in [3.05, 3.63) is 49.1 Å². The molecule has 0 saturated heterocycles. The van der Waals surface area contributed by atoms with E-state index in [1.165, 1.54) is 12.5 Å². The molecular weight excluding hydrogens is 228 g/mol. The fraction of sp³-hybridized carbons (Fsp3) is 0. The van der Waals surface area contributed by atoms with Gasteiger partial charge >= 0.3 is 0 Å². The summed E-state index contributed by atoms with van der Waals surface area (Å²) in [5.41, 5.74) is 7.02. The van der Waals surface area contributed by atoms with Crippen molar-refractivity contribution in [3.8, 4) is 11.6 Å². The molecule has 0 spiro atoms. The van der Waals surface area contributed by atoms with Crippen molar-refractivity contribution in [1.82, 2.24) is 15.0 Å². The minimum Gasteiger partial charge on any atom is -0.435 e. The molecule has 0 saturated carbocycles. The van der Waals surface area contributed by atoms with Gasteiger partial charge < -0.3 is 10.5 Å². The normalized spacial score (nSPS) is 10.4. The number of nitrogen functional groups attached to an aromatic ring is 1. The van der Waals surface area contributed by atoms with Gasteiger partial charge in [-0.1, -0.05) is 18.2 Å². The molecule has 5 heteroatoms. The van der Waals surface area contributed by atoms with E-state index in [0.29, 0.717) is 17.3 Å². The molecule has 2 aromatic heterocycles. The van der Waals surface area contributed by atoms with Gasteiger partial charge in [0.05, 0.1) is 17.9 Å². The Morgan fingerprint density at radius 1 is 1.06 bits per heavy atom. The second kappa shape index (κ2) is 4.29. The number of pyridine rings is 1. The Balaban J connectivity index is 1.98. The van der Waals surface area contributed by atoms with Crippen molar-refractivity contribution < 1.29 is 4.74 Å². The Morgan fingerprint density at radius 3 is 2.83 bits per heavy atom. The van der Waals surface area contributed by atoms with Gasteiger partial charge in [-0.25, -0.2) is 4.98 Å². The Hall–Kier alpha value is -2.69. The first-order chi connectivity index (χ1) is 8.83. The molecule has 0 atom stereocenters. The second-order valence-corrected chi connectivity index (χ2v) is 3.75. The van der Waals surface area contributed by atoms with Gasteiger partial charge in [0.2, 0.25) is 5.88 Å². The molecule has 0 radical (unpaired) electrons. The van der Waals surface area contributed by atoms with E-state index in [4.69, 9.17) is 10.5 Å². The fourth-order valence-corrected chi connectivity index (χ4v) is 1.63. The zero-order chi connectivity index (χ0) is 12.4. The van der Waals surface area contributed by atoms with E-state index in [0.717, 1.165) is 10.9 Å². The number of hydrogen-bond donors (Lipinski definition) is 1. The van der Waals surface area contributed by atoms with Crippen LogP contribution in [0.3, 0.4) is 0 Å². The van der Waals surface area contributed by atoms with E-state index < -0.39 is 0 Å². The standard InChI is InChI=1S/C13H10N4O/c14-11-7-15-8-17-13(11)18-10-5-9-3-1-2-4-12(9)16-6-10/h1-8H,14H2. The Bertz CT molecular complexity index is 699. The summed E-state index contributed by atoms with van der Waals surface area (Å²) in [6.07, 6.45) is 4.53. The molecule has 3 rings (SSSR count). The zero-order valence-corrected chi connectivity index (χ0v) is 9.45. The average Bonchev–Trinajstić information content (AvgIpc) is 2.41. The van der Waals surface area contributed by atoms with E-state index in [-0.39, 0.29) is 0 Å². The van der Waals surface area contributed by atoms with E-state index in [1.807, 2.05) is 30.3 Å². The maximum atomic E-state index is 5.71. The lowest BCUT2D eigenvalue weighted by Gasteiger charge is -2.06. The minimum atomic E-state index is 0.335. The van der Waals surface area contributed by atoms with Gasteiger partial charge in [-0.15, -0.1) is 0 Å². The summed E-state index contributed by atoms with van der Waals surface area (Å²) >= 11 is 0. The molecule has 18 heavy (non-hydrogen) atoms. The number of aromatic nitrogens is 3. The zero-order valence-electron chi connectivity index (χ0n) is 9.45. The predicted molar refractivity (Wildman–Crippen MR) is 68.3 cm³/mol. The lowest BCUT2D eigenvalue weighted by atomic mass is 10.2. The van der Waals surface area contributed by atoms with Crippen LogP contribution in [0.25, 0.3) is 10.9 Å². The first-order valence-corrected chi connectivity index (χ1v) is 5.41. The Morgan fingerprint density at radius 2 is 1.94 bits per heavy atom. The molecule has 1 aromatic carbocycles. The van der Waals surface area contributed by atoms with Crippen LogP contribution in [0.1, 0.15) is 0 Å². The summed E-state index contributed by atoms with van der Waals surface area (Å²) < 4.78 is 5.58. The molecule has 2 N–H and O–H groups in total. The van der Waals surface area contributed by atoms with Gasteiger partial charge in [0, 0.05) is 5.39 Å². The lowest BCUT2D eigenvalue weighted by molar-refractivity contribution is 0.463. The van der Waals surface area contributed by atoms with Gasteiger partial charge in [0.25, 0.3) is 0 Å². The third-order valence-electron chi connectivity index (χ3n) is 2.48. The van der Waals surface area contributed by atoms with Crippen molar-refractivity contribution in [3.63, 3.8) is 0 Å². The Labute approximate surface area is 103 Å². The van der Waals surface area contributed by atoms with Crippen LogP contribution in [0, 0.1) is 0 Å². The summed E-state index contributed by atoms with van der Waals surface area (Å²) in [5, 5.41) is 1.00. The van der Waals surface area contributed by atoms with Crippen molar-refractivity contribution in [2.24, 2.45) is 0 Å². The van der Waals surface area contributed by atoms with Gasteiger partial charge in [-0.05, 0) is 12.1 Å². The third-order valence-corrected chi connectivity index (χ3v) is 2.48. The van der Waals surface area contributed by atoms with E-state index in [2.05, 4.69) is 15.0 Å². The molecular formula is C13H10N4O. The number of nitrogens with zero attached hydrogens (tertiary/aromatic N) is 3. The molecule has 0 bridgehead atoms. The average molecular weight is 238 g/mol. The summed E-state index contributed by atoms with van der Waals surface area (Å²) in [4.78, 5) is 12.1. The second-order valence-electron chi connectivity index (χ2n) is 3.75. The van der Waals surface area contributed by atoms with Crippen LogP contribution in [-0.2, 0) is 0 Å². The molecule has 0 aliphatic carbocycles. The monoisotopic (exact) mass is 238 g/mol. The fourth-order valence-electron chi connectivity index (χ4n) is 1.63. The number of anilines is 1. The van der Waals surface area contributed by atoms with Gasteiger partial charge in [0.15, 0.2) is 0 Å². The minimum absolute atomic E-state index is 0.335. The molecule has 88 valence electrons. The van der Waals surface area contributed by atoms with Crippen molar-refractivity contribution in [2.75, 3.05) is 5.73 Å². The first-order valence-electron chi connectivity index (χ1n) is 5.41. The maximum absolute atomic E-state index is 5.71. The highest BCUT2D eigenvalue weighted by Crippen LogP contribution is 2.25. The largest absolute Gasteiger partial charge is 0.435 e. The number of nitrogens with two attached hydrogens (primary N) is 1. The highest BCUT2D eigenvalue weighted by molar-refractivity contribution is 5.79. The van der Waals surface area contributed by atoms with Crippen molar-refractivity contribution in [2.45, 2.75) is 0 Å². The number of rotatable bonds is 2. The van der Waals surface area contributed by atoms with Gasteiger partial charge in [0.1, 0.15) is 17.8 Å². The first kappa shape index (κ1) is 10.5. The summed E-state index contributed by atoms with van der Waals surface area (Å²) in [7, 11) is 0. The number of fused-ring (bicyclic) bond motifs is 1. The van der Waals surface area contributed by atoms with Gasteiger partial charge in [-0.3, -0.25) is 4.98 Å². The van der Waals surface area contributed by atoms with E-state index >= 15 is 0 Å². The highest BCUT2D eigenvalue weighted by atomic mass is 16.5. The molecule has 3 aromatic rings. The number of hydrogen-bond acceptors (Lipinski definition) is 5. The van der Waals surface area contributed by atoms with Crippen LogP contribution < -0.4 is 10.5 Å². The Kier molecular flexibility index (Phi) is 2.49. The van der Waals surface area contributed by atoms with Crippen LogP contribution in [0.5, 0.6) is 11.6 Å². The third kappa shape index (κ3) is 1.93. The highest BCUT2D eigenvalue weighted by Gasteiger charge is 2.04. The maximum Gasteiger partial charge on any atom is 0.245 e. The van der Waals surface area contributed by atoms with E-state index in [9.17, 15) is 0 Å². The predicted octanol–water partition coefficient (Wildman–Crippen LogP) is 2.40. The van der Waals surface area contributed by atoms with Crippen LogP contribution in [0.2, 0.25) is 0 Å². The van der Waals surface area contributed by atoms with Crippen LogP contribution in [0.4, 0.5) is 5.69 Å². The van der Waals surface area contributed by atoms with Crippen molar-refractivity contribution >= 4 is 16.6 Å². The van der Waals surface area contributed by atoms with Crippen LogP contribution >= 0.6 is 0 Å². The molecule has 0 fully saturated rings. The lowest BCUT2D eigenvalue weighted by Crippen LogP contribution is -1.96. The number of benzene rings is 1. The molecule has 0 amide bonds. The smallest absolute Gasteiger partial charge is 0.245 e. The number of ether oxygens (including phenoxy) is 1. The quantitative estimate of drug-likeness (QED) is 0.742. The summed E-state index contributed by atoms with van der Waals surface area (Å²) in [6.45, 7) is 0. The van der Waals surface area contributed by atoms with Crippen LogP contribution in [-0.4, -0.2) is 15.0 Å².